The van der Waals surface area contributed by atoms with E-state index >= 15 is 0 Å². The monoisotopic (exact) mass is 419 g/mol. The zero-order valence-electron chi connectivity index (χ0n) is 16.8. The van der Waals surface area contributed by atoms with Crippen LogP contribution in [0.1, 0.15) is 31.9 Å². The van der Waals surface area contributed by atoms with Gasteiger partial charge in [-0.1, -0.05) is 29.8 Å². The predicted octanol–water partition coefficient (Wildman–Crippen LogP) is 5.57. The van der Waals surface area contributed by atoms with Crippen molar-refractivity contribution >= 4 is 46.6 Å². The van der Waals surface area contributed by atoms with Crippen LogP contribution in [0.5, 0.6) is 0 Å². The van der Waals surface area contributed by atoms with Gasteiger partial charge in [-0.3, -0.25) is 4.90 Å². The highest BCUT2D eigenvalue weighted by Crippen LogP contribution is 2.34. The van der Waals surface area contributed by atoms with E-state index < -0.39 is 0 Å². The van der Waals surface area contributed by atoms with Crippen LogP contribution in [-0.4, -0.2) is 35.6 Å². The van der Waals surface area contributed by atoms with Gasteiger partial charge in [0.15, 0.2) is 0 Å². The summed E-state index contributed by atoms with van der Waals surface area (Å²) in [6.45, 7) is 13.9. The maximum absolute atomic E-state index is 4.20. The molecule has 1 fully saturated rings. The minimum absolute atomic E-state index is 0. The molecular formula is C23H31Cl2N3. The molecule has 4 rings (SSSR count). The summed E-state index contributed by atoms with van der Waals surface area (Å²) in [6, 6.07) is 16.3. The highest BCUT2D eigenvalue weighted by Gasteiger charge is 2.23. The van der Waals surface area contributed by atoms with Crippen LogP contribution in [0.15, 0.2) is 54.6 Å². The molecule has 5 heteroatoms. The summed E-state index contributed by atoms with van der Waals surface area (Å²) in [5, 5.41) is 6.21. The first-order valence-corrected chi connectivity index (χ1v) is 9.79. The van der Waals surface area contributed by atoms with Gasteiger partial charge in [0.25, 0.3) is 0 Å². The summed E-state index contributed by atoms with van der Waals surface area (Å²) in [5.74, 6) is 0. The quantitative estimate of drug-likeness (QED) is 0.545. The molecule has 3 aromatic rings. The lowest BCUT2D eigenvalue weighted by Gasteiger charge is -2.35. The van der Waals surface area contributed by atoms with Crippen molar-refractivity contribution in [1.29, 1.82) is 0 Å². The number of fused-ring (bicyclic) bond motifs is 3. The average Bonchev–Trinajstić information content (AvgIpc) is 2.99. The van der Waals surface area contributed by atoms with Crippen LogP contribution in [0.25, 0.3) is 21.8 Å². The second-order valence-electron chi connectivity index (χ2n) is 7.50. The number of piperazine rings is 1. The van der Waals surface area contributed by atoms with Crippen molar-refractivity contribution in [1.82, 2.24) is 14.8 Å². The molecule has 0 aliphatic carbocycles. The summed E-state index contributed by atoms with van der Waals surface area (Å²) in [4.78, 5) is 2.62. The Labute approximate surface area is 180 Å². The molecule has 1 aromatic heterocycles. The highest BCUT2D eigenvalue weighted by molar-refractivity contribution is 6.08. The lowest BCUT2D eigenvalue weighted by Crippen LogP contribution is -2.45. The minimum atomic E-state index is 0. The van der Waals surface area contributed by atoms with Gasteiger partial charge in [-0.15, -0.1) is 31.4 Å². The highest BCUT2D eigenvalue weighted by atomic mass is 35.5. The van der Waals surface area contributed by atoms with Crippen LogP contribution in [0.3, 0.4) is 0 Å². The largest absolute Gasteiger partial charge is 0.341 e. The fraction of sp³-hybridized carbons (Fsp3) is 0.391. The van der Waals surface area contributed by atoms with E-state index in [0.29, 0.717) is 6.04 Å². The predicted molar refractivity (Wildman–Crippen MR) is 126 cm³/mol. The number of nitrogens with one attached hydrogen (secondary N) is 1. The van der Waals surface area contributed by atoms with Crippen molar-refractivity contribution < 1.29 is 0 Å². The SMILES string of the molecule is C=C(C)C[C@H](c1ccc2c(c1)c1ccccc1n2CC)N1CCNCC1.Cl.Cl. The Kier molecular flexibility index (Phi) is 7.97. The third kappa shape index (κ3) is 4.23. The summed E-state index contributed by atoms with van der Waals surface area (Å²) >= 11 is 0. The van der Waals surface area contributed by atoms with Gasteiger partial charge >= 0.3 is 0 Å². The van der Waals surface area contributed by atoms with Crippen LogP contribution in [0.4, 0.5) is 0 Å². The van der Waals surface area contributed by atoms with Crippen molar-refractivity contribution in [2.24, 2.45) is 0 Å². The maximum atomic E-state index is 4.20. The smallest absolute Gasteiger partial charge is 0.0491 e. The molecular weight excluding hydrogens is 389 g/mol. The Morgan fingerprint density at radius 2 is 1.71 bits per heavy atom. The van der Waals surface area contributed by atoms with Gasteiger partial charge in [0.1, 0.15) is 0 Å². The van der Waals surface area contributed by atoms with E-state index in [2.05, 4.69) is 77.7 Å². The van der Waals surface area contributed by atoms with E-state index in [1.54, 1.807) is 0 Å². The molecule has 0 amide bonds. The second kappa shape index (κ2) is 9.80. The van der Waals surface area contributed by atoms with Crippen molar-refractivity contribution in [3.05, 3.63) is 60.2 Å². The fourth-order valence-electron chi connectivity index (χ4n) is 4.40. The molecule has 1 aliphatic heterocycles. The molecule has 2 heterocycles. The van der Waals surface area contributed by atoms with Gasteiger partial charge in [-0.2, -0.15) is 0 Å². The van der Waals surface area contributed by atoms with Crippen LogP contribution in [-0.2, 0) is 6.54 Å². The molecule has 28 heavy (non-hydrogen) atoms. The first-order valence-electron chi connectivity index (χ1n) is 9.79. The summed E-state index contributed by atoms with van der Waals surface area (Å²) in [6.07, 6.45) is 1.03. The molecule has 0 spiro atoms. The number of para-hydroxylation sites is 1. The lowest BCUT2D eigenvalue weighted by atomic mass is 9.96. The van der Waals surface area contributed by atoms with Crippen molar-refractivity contribution in [2.75, 3.05) is 26.2 Å². The first-order chi connectivity index (χ1) is 12.7. The van der Waals surface area contributed by atoms with E-state index in [9.17, 15) is 0 Å². The molecule has 1 saturated heterocycles. The van der Waals surface area contributed by atoms with Gasteiger partial charge in [0, 0.05) is 60.6 Å². The normalized spacial score (nSPS) is 15.8. The van der Waals surface area contributed by atoms with E-state index in [1.807, 2.05) is 0 Å². The summed E-state index contributed by atoms with van der Waals surface area (Å²) < 4.78 is 2.42. The zero-order chi connectivity index (χ0) is 18.1. The Morgan fingerprint density at radius 3 is 2.39 bits per heavy atom. The van der Waals surface area contributed by atoms with Crippen LogP contribution in [0.2, 0.25) is 0 Å². The average molecular weight is 420 g/mol. The fourth-order valence-corrected chi connectivity index (χ4v) is 4.40. The van der Waals surface area contributed by atoms with Crippen LogP contribution in [0, 0.1) is 0 Å². The molecule has 2 aromatic carbocycles. The number of rotatable bonds is 5. The minimum Gasteiger partial charge on any atom is -0.341 e. The van der Waals surface area contributed by atoms with Crippen LogP contribution < -0.4 is 5.32 Å². The number of hydrogen-bond acceptors (Lipinski definition) is 2. The van der Waals surface area contributed by atoms with E-state index in [-0.39, 0.29) is 24.8 Å². The van der Waals surface area contributed by atoms with Gasteiger partial charge in [-0.25, -0.2) is 0 Å². The number of aromatic nitrogens is 1. The number of benzene rings is 2. The van der Waals surface area contributed by atoms with Crippen molar-refractivity contribution in [3.63, 3.8) is 0 Å². The Bertz CT molecular complexity index is 942. The third-order valence-corrected chi connectivity index (χ3v) is 5.63. The topological polar surface area (TPSA) is 20.2 Å². The third-order valence-electron chi connectivity index (χ3n) is 5.63. The molecule has 3 nitrogen and oxygen atoms in total. The Balaban J connectivity index is 0.00000140. The molecule has 1 aliphatic rings. The van der Waals surface area contributed by atoms with E-state index in [0.717, 1.165) is 39.1 Å². The van der Waals surface area contributed by atoms with Crippen LogP contribution >= 0.6 is 24.8 Å². The molecule has 1 atom stereocenters. The summed E-state index contributed by atoms with van der Waals surface area (Å²) in [5.41, 5.74) is 5.35. The second-order valence-corrected chi connectivity index (χ2v) is 7.50. The summed E-state index contributed by atoms with van der Waals surface area (Å²) in [7, 11) is 0. The lowest BCUT2D eigenvalue weighted by molar-refractivity contribution is 0.172. The van der Waals surface area contributed by atoms with Gasteiger partial charge in [0.2, 0.25) is 0 Å². The number of halogens is 2. The van der Waals surface area contributed by atoms with Gasteiger partial charge < -0.3 is 9.88 Å². The molecule has 0 radical (unpaired) electrons. The van der Waals surface area contributed by atoms with Crippen molar-refractivity contribution in [2.45, 2.75) is 32.9 Å². The standard InChI is InChI=1S/C23H29N3.2ClH/c1-4-26-21-8-6-5-7-19(21)20-16-18(9-10-22(20)26)23(15-17(2)3)25-13-11-24-12-14-25;;/h5-10,16,23-24H,2,4,11-15H2,1,3H3;2*1H/t23-;;/m1../s1. The molecule has 0 unspecified atom stereocenters. The first kappa shape index (κ1) is 22.8. The zero-order valence-corrected chi connectivity index (χ0v) is 18.4. The molecule has 1 N–H and O–H groups in total. The Hall–Kier alpha value is -1.52. The van der Waals surface area contributed by atoms with Crippen molar-refractivity contribution in [3.8, 4) is 0 Å². The number of aryl methyl sites for hydroxylation is 1. The number of hydrogen-bond donors (Lipinski definition) is 1. The van der Waals surface area contributed by atoms with Gasteiger partial charge in [0.05, 0.1) is 0 Å². The van der Waals surface area contributed by atoms with E-state index in [1.165, 1.54) is 32.9 Å². The molecule has 0 bridgehead atoms. The van der Waals surface area contributed by atoms with Gasteiger partial charge in [-0.05, 0) is 44.0 Å². The maximum Gasteiger partial charge on any atom is 0.0491 e. The molecule has 0 saturated carbocycles. The number of nitrogens with zero attached hydrogens (tertiary/aromatic N) is 2. The molecule has 152 valence electrons. The van der Waals surface area contributed by atoms with E-state index in [4.69, 9.17) is 0 Å². The Morgan fingerprint density at radius 1 is 1.04 bits per heavy atom.